The summed E-state index contributed by atoms with van der Waals surface area (Å²) in [7, 11) is 0. The second-order valence-corrected chi connectivity index (χ2v) is 8.40. The summed E-state index contributed by atoms with van der Waals surface area (Å²) in [5, 5.41) is 16.3. The monoisotopic (exact) mass is 554 g/mol. The molecule has 0 bridgehead atoms. The zero-order valence-corrected chi connectivity index (χ0v) is 21.6. The van der Waals surface area contributed by atoms with Crippen molar-refractivity contribution in [1.82, 2.24) is 10.6 Å². The Morgan fingerprint density at radius 3 is 2.59 bits per heavy atom. The SMILES string of the molecule is CCNC(=NCc1ccc(N2CCC(O)CC2)c(F)c1)NCC(C)c1cccc(C)c1.I. The van der Waals surface area contributed by atoms with Crippen LogP contribution in [0.3, 0.4) is 0 Å². The summed E-state index contributed by atoms with van der Waals surface area (Å²) < 4.78 is 14.7. The van der Waals surface area contributed by atoms with Gasteiger partial charge in [0.25, 0.3) is 0 Å². The summed E-state index contributed by atoms with van der Waals surface area (Å²) in [5.74, 6) is 0.857. The fraction of sp³-hybridized carbons (Fsp3) is 0.480. The van der Waals surface area contributed by atoms with Gasteiger partial charge >= 0.3 is 0 Å². The summed E-state index contributed by atoms with van der Waals surface area (Å²) in [6.45, 7) is 9.64. The van der Waals surface area contributed by atoms with Gasteiger partial charge in [-0.25, -0.2) is 9.38 Å². The molecule has 2 aromatic carbocycles. The second kappa shape index (κ2) is 13.0. The highest BCUT2D eigenvalue weighted by atomic mass is 127. The molecular weight excluding hydrogens is 518 g/mol. The molecule has 1 atom stereocenters. The fourth-order valence-corrected chi connectivity index (χ4v) is 3.87. The van der Waals surface area contributed by atoms with E-state index in [2.05, 4.69) is 53.7 Å². The van der Waals surface area contributed by atoms with Gasteiger partial charge in [0, 0.05) is 26.2 Å². The maximum absolute atomic E-state index is 14.7. The minimum absolute atomic E-state index is 0. The van der Waals surface area contributed by atoms with Gasteiger partial charge in [-0.15, -0.1) is 24.0 Å². The number of anilines is 1. The Morgan fingerprint density at radius 1 is 1.19 bits per heavy atom. The van der Waals surface area contributed by atoms with E-state index >= 15 is 0 Å². The lowest BCUT2D eigenvalue weighted by Crippen LogP contribution is -2.39. The molecule has 32 heavy (non-hydrogen) atoms. The van der Waals surface area contributed by atoms with Crippen molar-refractivity contribution in [2.24, 2.45) is 4.99 Å². The molecule has 3 N–H and O–H groups in total. The van der Waals surface area contributed by atoms with E-state index in [0.717, 1.165) is 24.6 Å². The van der Waals surface area contributed by atoms with E-state index in [4.69, 9.17) is 0 Å². The van der Waals surface area contributed by atoms with E-state index in [1.54, 1.807) is 6.07 Å². The van der Waals surface area contributed by atoms with Crippen LogP contribution in [0.2, 0.25) is 0 Å². The Balaban J connectivity index is 0.00000363. The maximum atomic E-state index is 14.7. The van der Waals surface area contributed by atoms with Gasteiger partial charge in [0.1, 0.15) is 5.82 Å². The van der Waals surface area contributed by atoms with Crippen molar-refractivity contribution in [3.05, 3.63) is 65.0 Å². The molecule has 0 saturated carbocycles. The van der Waals surface area contributed by atoms with Crippen LogP contribution in [0.5, 0.6) is 0 Å². The molecule has 1 unspecified atom stereocenters. The highest BCUT2D eigenvalue weighted by Crippen LogP contribution is 2.24. The van der Waals surface area contributed by atoms with Gasteiger partial charge in [0.15, 0.2) is 5.96 Å². The number of aryl methyl sites for hydroxylation is 1. The molecule has 5 nitrogen and oxygen atoms in total. The van der Waals surface area contributed by atoms with Crippen LogP contribution in [0.15, 0.2) is 47.5 Å². The lowest BCUT2D eigenvalue weighted by Gasteiger charge is -2.31. The van der Waals surface area contributed by atoms with Gasteiger partial charge in [-0.3, -0.25) is 0 Å². The lowest BCUT2D eigenvalue weighted by atomic mass is 9.99. The number of rotatable bonds is 7. The number of aliphatic hydroxyl groups excluding tert-OH is 1. The summed E-state index contributed by atoms with van der Waals surface area (Å²) in [4.78, 5) is 6.65. The number of halogens is 2. The molecule has 0 amide bonds. The highest BCUT2D eigenvalue weighted by Gasteiger charge is 2.19. The predicted octanol–water partition coefficient (Wildman–Crippen LogP) is 4.57. The summed E-state index contributed by atoms with van der Waals surface area (Å²) >= 11 is 0. The van der Waals surface area contributed by atoms with E-state index in [1.807, 2.05) is 24.0 Å². The molecule has 7 heteroatoms. The van der Waals surface area contributed by atoms with Crippen molar-refractivity contribution in [3.63, 3.8) is 0 Å². The molecule has 176 valence electrons. The Morgan fingerprint density at radius 2 is 1.94 bits per heavy atom. The number of guanidine groups is 1. The molecule has 1 fully saturated rings. The smallest absolute Gasteiger partial charge is 0.191 e. The molecule has 1 saturated heterocycles. The van der Waals surface area contributed by atoms with Crippen molar-refractivity contribution in [1.29, 1.82) is 0 Å². The number of hydrogen-bond acceptors (Lipinski definition) is 3. The molecular formula is C25H36FIN4O. The zero-order valence-electron chi connectivity index (χ0n) is 19.3. The van der Waals surface area contributed by atoms with Gasteiger partial charge < -0.3 is 20.6 Å². The van der Waals surface area contributed by atoms with Crippen LogP contribution >= 0.6 is 24.0 Å². The first-order valence-corrected chi connectivity index (χ1v) is 11.3. The van der Waals surface area contributed by atoms with Crippen molar-refractivity contribution in [2.75, 3.05) is 31.1 Å². The third-order valence-electron chi connectivity index (χ3n) is 5.77. The normalized spacial score (nSPS) is 15.8. The van der Waals surface area contributed by atoms with E-state index in [-0.39, 0.29) is 35.9 Å². The first kappa shape index (κ1) is 26.4. The Hall–Kier alpha value is -1.87. The molecule has 0 spiro atoms. The van der Waals surface area contributed by atoms with Crippen molar-refractivity contribution < 1.29 is 9.50 Å². The molecule has 1 heterocycles. The summed E-state index contributed by atoms with van der Waals surface area (Å²) in [5.41, 5.74) is 4.00. The number of nitrogens with zero attached hydrogens (tertiary/aromatic N) is 2. The molecule has 1 aliphatic rings. The minimum atomic E-state index is -0.265. The second-order valence-electron chi connectivity index (χ2n) is 8.40. The van der Waals surface area contributed by atoms with Crippen LogP contribution in [0.4, 0.5) is 10.1 Å². The number of aliphatic hydroxyl groups is 1. The Labute approximate surface area is 208 Å². The van der Waals surface area contributed by atoms with E-state index in [1.165, 1.54) is 11.1 Å². The molecule has 2 aromatic rings. The van der Waals surface area contributed by atoms with Crippen LogP contribution in [-0.2, 0) is 6.54 Å². The summed E-state index contributed by atoms with van der Waals surface area (Å²) in [6.07, 6.45) is 1.10. The summed E-state index contributed by atoms with van der Waals surface area (Å²) in [6, 6.07) is 13.9. The third-order valence-corrected chi connectivity index (χ3v) is 5.77. The van der Waals surface area contributed by atoms with Crippen molar-refractivity contribution >= 4 is 35.6 Å². The maximum Gasteiger partial charge on any atom is 0.191 e. The van der Waals surface area contributed by atoms with Gasteiger partial charge in [-0.05, 0) is 55.9 Å². The van der Waals surface area contributed by atoms with Gasteiger partial charge in [0.2, 0.25) is 0 Å². The standard InChI is InChI=1S/C25H35FN4O.HI/c1-4-27-25(28-16-19(3)21-7-5-6-18(2)14-21)29-17-20-8-9-24(23(26)15-20)30-12-10-22(31)11-13-30;/h5-9,14-15,19,22,31H,4,10-13,16-17H2,1-3H3,(H2,27,28,29);1H. The number of aliphatic imine (C=N–C) groups is 1. The largest absolute Gasteiger partial charge is 0.393 e. The van der Waals surface area contributed by atoms with E-state index < -0.39 is 0 Å². The lowest BCUT2D eigenvalue weighted by molar-refractivity contribution is 0.145. The highest BCUT2D eigenvalue weighted by molar-refractivity contribution is 14.0. The van der Waals surface area contributed by atoms with Gasteiger partial charge in [-0.2, -0.15) is 0 Å². The Kier molecular flexibility index (Phi) is 10.7. The van der Waals surface area contributed by atoms with Crippen molar-refractivity contribution in [3.8, 4) is 0 Å². The first-order chi connectivity index (χ1) is 15.0. The predicted molar refractivity (Wildman–Crippen MR) is 142 cm³/mol. The fourth-order valence-electron chi connectivity index (χ4n) is 3.87. The van der Waals surface area contributed by atoms with Crippen LogP contribution in [0.25, 0.3) is 0 Å². The molecule has 1 aliphatic heterocycles. The number of benzene rings is 2. The molecule has 0 aromatic heterocycles. The average molecular weight is 554 g/mol. The molecule has 0 radical (unpaired) electrons. The quantitative estimate of drug-likeness (QED) is 0.267. The number of hydrogen-bond donors (Lipinski definition) is 3. The average Bonchev–Trinajstić information content (AvgIpc) is 2.76. The topological polar surface area (TPSA) is 59.9 Å². The third kappa shape index (κ3) is 7.62. The van der Waals surface area contributed by atoms with E-state index in [0.29, 0.717) is 44.1 Å². The molecule has 3 rings (SSSR count). The van der Waals surface area contributed by atoms with Gasteiger partial charge in [0.05, 0.1) is 18.3 Å². The van der Waals surface area contributed by atoms with Crippen molar-refractivity contribution in [2.45, 2.75) is 52.2 Å². The van der Waals surface area contributed by atoms with E-state index in [9.17, 15) is 9.50 Å². The first-order valence-electron chi connectivity index (χ1n) is 11.3. The van der Waals surface area contributed by atoms with Crippen LogP contribution in [0.1, 0.15) is 49.3 Å². The zero-order chi connectivity index (χ0) is 22.2. The molecule has 0 aliphatic carbocycles. The number of piperidine rings is 1. The van der Waals surface area contributed by atoms with Crippen LogP contribution in [-0.4, -0.2) is 43.3 Å². The minimum Gasteiger partial charge on any atom is -0.393 e. The number of nitrogens with one attached hydrogen (secondary N) is 2. The van der Waals surface area contributed by atoms with Crippen LogP contribution < -0.4 is 15.5 Å². The van der Waals surface area contributed by atoms with Crippen LogP contribution in [0, 0.1) is 12.7 Å². The van der Waals surface area contributed by atoms with Gasteiger partial charge in [-0.1, -0.05) is 42.8 Å². The Bertz CT molecular complexity index is 884.